The van der Waals surface area contributed by atoms with Crippen molar-refractivity contribution in [1.82, 2.24) is 5.32 Å². The zero-order valence-electron chi connectivity index (χ0n) is 14.4. The van der Waals surface area contributed by atoms with Gasteiger partial charge in [0.15, 0.2) is 0 Å². The molecule has 1 saturated heterocycles. The lowest BCUT2D eigenvalue weighted by Crippen LogP contribution is -2.43. The number of anilines is 1. The topological polar surface area (TPSA) is 64.3 Å². The average Bonchev–Trinajstić information content (AvgIpc) is 2.58. The second-order valence-electron chi connectivity index (χ2n) is 6.44. The summed E-state index contributed by atoms with van der Waals surface area (Å²) < 4.78 is 5.95. The van der Waals surface area contributed by atoms with Crippen LogP contribution in [0.15, 0.2) is 48.5 Å². The summed E-state index contributed by atoms with van der Waals surface area (Å²) in [6.45, 7) is 2.81. The van der Waals surface area contributed by atoms with Gasteiger partial charge in [-0.05, 0) is 43.0 Å². The fraction of sp³-hybridized carbons (Fsp3) is 0.350. The number of carbonyl (C=O) groups excluding carboxylic acids is 1. The summed E-state index contributed by atoms with van der Waals surface area (Å²) in [7, 11) is 0. The van der Waals surface area contributed by atoms with E-state index in [1.165, 1.54) is 5.56 Å². The third-order valence-electron chi connectivity index (χ3n) is 4.42. The number of rotatable bonds is 4. The van der Waals surface area contributed by atoms with Gasteiger partial charge in [-0.1, -0.05) is 42.0 Å². The maximum absolute atomic E-state index is 12.4. The predicted octanol–water partition coefficient (Wildman–Crippen LogP) is 3.58. The average molecular weight is 361 g/mol. The predicted molar refractivity (Wildman–Crippen MR) is 103 cm³/mol. The smallest absolute Gasteiger partial charge is 0.224 e. The molecule has 2 unspecified atom stereocenters. The van der Waals surface area contributed by atoms with E-state index in [4.69, 9.17) is 10.5 Å². The Hall–Kier alpha value is -2.04. The summed E-state index contributed by atoms with van der Waals surface area (Å²) in [5.41, 5.74) is 9.70. The van der Waals surface area contributed by atoms with Crippen molar-refractivity contribution in [1.29, 1.82) is 0 Å². The van der Waals surface area contributed by atoms with Crippen molar-refractivity contribution < 1.29 is 9.53 Å². The van der Waals surface area contributed by atoms with Crippen molar-refractivity contribution >= 4 is 24.0 Å². The molecule has 1 aliphatic rings. The number of ether oxygens (including phenoxy) is 1. The normalized spacial score (nSPS) is 19.7. The van der Waals surface area contributed by atoms with Crippen LogP contribution < -0.4 is 11.1 Å². The minimum absolute atomic E-state index is 0. The van der Waals surface area contributed by atoms with Gasteiger partial charge in [-0.2, -0.15) is 0 Å². The Morgan fingerprint density at radius 3 is 2.52 bits per heavy atom. The van der Waals surface area contributed by atoms with Gasteiger partial charge >= 0.3 is 0 Å². The molecule has 0 radical (unpaired) electrons. The quantitative estimate of drug-likeness (QED) is 0.819. The van der Waals surface area contributed by atoms with Crippen molar-refractivity contribution in [2.24, 2.45) is 0 Å². The van der Waals surface area contributed by atoms with E-state index >= 15 is 0 Å². The third-order valence-corrected chi connectivity index (χ3v) is 4.42. The third kappa shape index (κ3) is 5.21. The van der Waals surface area contributed by atoms with Gasteiger partial charge in [-0.25, -0.2) is 0 Å². The number of benzene rings is 2. The van der Waals surface area contributed by atoms with Crippen LogP contribution in [0, 0.1) is 6.92 Å². The molecule has 3 rings (SSSR count). The molecule has 0 aromatic heterocycles. The van der Waals surface area contributed by atoms with Gasteiger partial charge in [0.1, 0.15) is 6.10 Å². The monoisotopic (exact) mass is 360 g/mol. The minimum atomic E-state index is -0.0743. The van der Waals surface area contributed by atoms with Crippen LogP contribution in [0.1, 0.15) is 35.6 Å². The Kier molecular flexibility index (Phi) is 6.85. The van der Waals surface area contributed by atoms with E-state index in [-0.39, 0.29) is 30.5 Å². The van der Waals surface area contributed by atoms with Gasteiger partial charge in [-0.3, -0.25) is 4.79 Å². The molecule has 25 heavy (non-hydrogen) atoms. The summed E-state index contributed by atoms with van der Waals surface area (Å²) in [5.74, 6) is 0.0207. The Labute approximate surface area is 155 Å². The SMILES string of the molecule is Cc1ccc(C2OCCCC2NC(=O)Cc2ccc(N)cc2)cc1.Cl. The van der Waals surface area contributed by atoms with Crippen molar-refractivity contribution in [3.63, 3.8) is 0 Å². The van der Waals surface area contributed by atoms with E-state index in [1.807, 2.05) is 24.3 Å². The molecule has 1 amide bonds. The van der Waals surface area contributed by atoms with E-state index in [0.29, 0.717) is 12.1 Å². The van der Waals surface area contributed by atoms with Gasteiger partial charge < -0.3 is 15.8 Å². The Bertz CT molecular complexity index is 686. The van der Waals surface area contributed by atoms with E-state index in [2.05, 4.69) is 36.5 Å². The molecular weight excluding hydrogens is 336 g/mol. The molecule has 1 aliphatic heterocycles. The number of hydrogen-bond donors (Lipinski definition) is 2. The maximum atomic E-state index is 12.4. The first-order chi connectivity index (χ1) is 11.6. The molecule has 0 aliphatic carbocycles. The largest absolute Gasteiger partial charge is 0.399 e. The van der Waals surface area contributed by atoms with Crippen LogP contribution in [0.3, 0.4) is 0 Å². The Morgan fingerprint density at radius 2 is 1.84 bits per heavy atom. The zero-order valence-corrected chi connectivity index (χ0v) is 15.2. The minimum Gasteiger partial charge on any atom is -0.399 e. The molecule has 3 N–H and O–H groups in total. The highest BCUT2D eigenvalue weighted by atomic mass is 35.5. The van der Waals surface area contributed by atoms with Gasteiger partial charge in [0.05, 0.1) is 12.5 Å². The van der Waals surface area contributed by atoms with Crippen LogP contribution in [0.5, 0.6) is 0 Å². The first-order valence-corrected chi connectivity index (χ1v) is 8.44. The van der Waals surface area contributed by atoms with Crippen molar-refractivity contribution in [2.75, 3.05) is 12.3 Å². The van der Waals surface area contributed by atoms with Crippen molar-refractivity contribution in [2.45, 2.75) is 38.3 Å². The molecule has 2 aromatic rings. The lowest BCUT2D eigenvalue weighted by molar-refractivity contribution is -0.123. The van der Waals surface area contributed by atoms with E-state index in [0.717, 1.165) is 30.6 Å². The van der Waals surface area contributed by atoms with Crippen LogP contribution in [0.25, 0.3) is 0 Å². The Morgan fingerprint density at radius 1 is 1.16 bits per heavy atom. The number of nitrogens with one attached hydrogen (secondary N) is 1. The maximum Gasteiger partial charge on any atom is 0.224 e. The molecule has 5 heteroatoms. The molecular formula is C20H25ClN2O2. The zero-order chi connectivity index (χ0) is 16.9. The molecule has 0 saturated carbocycles. The summed E-state index contributed by atoms with van der Waals surface area (Å²) in [4.78, 5) is 12.4. The lowest BCUT2D eigenvalue weighted by Gasteiger charge is -2.32. The highest BCUT2D eigenvalue weighted by molar-refractivity contribution is 5.85. The van der Waals surface area contributed by atoms with Gasteiger partial charge in [0.2, 0.25) is 5.91 Å². The molecule has 0 bridgehead atoms. The van der Waals surface area contributed by atoms with Crippen LogP contribution in [-0.4, -0.2) is 18.6 Å². The summed E-state index contributed by atoms with van der Waals surface area (Å²) in [5, 5.41) is 3.15. The molecule has 2 aromatic carbocycles. The molecule has 1 heterocycles. The van der Waals surface area contributed by atoms with Crippen LogP contribution in [0.4, 0.5) is 5.69 Å². The Balaban J connectivity index is 0.00000225. The fourth-order valence-electron chi connectivity index (χ4n) is 3.09. The highest BCUT2D eigenvalue weighted by Gasteiger charge is 2.28. The second-order valence-corrected chi connectivity index (χ2v) is 6.44. The number of halogens is 1. The van der Waals surface area contributed by atoms with Gasteiger partial charge in [-0.15, -0.1) is 12.4 Å². The molecule has 134 valence electrons. The summed E-state index contributed by atoms with van der Waals surface area (Å²) in [6.07, 6.45) is 2.19. The number of aryl methyl sites for hydroxylation is 1. The van der Waals surface area contributed by atoms with Crippen molar-refractivity contribution in [3.8, 4) is 0 Å². The first kappa shape index (κ1) is 19.3. The van der Waals surface area contributed by atoms with Crippen LogP contribution in [0.2, 0.25) is 0 Å². The van der Waals surface area contributed by atoms with E-state index in [1.54, 1.807) is 0 Å². The van der Waals surface area contributed by atoms with E-state index in [9.17, 15) is 4.79 Å². The number of amides is 1. The van der Waals surface area contributed by atoms with Gasteiger partial charge in [0, 0.05) is 12.3 Å². The standard InChI is InChI=1S/C20H24N2O2.ClH/c1-14-4-8-16(9-5-14)20-18(3-2-12-24-20)22-19(23)13-15-6-10-17(21)11-7-15;/h4-11,18,20H,2-3,12-13,21H2,1H3,(H,22,23);1H. The van der Waals surface area contributed by atoms with Crippen LogP contribution >= 0.6 is 12.4 Å². The number of carbonyl (C=O) groups is 1. The van der Waals surface area contributed by atoms with Crippen LogP contribution in [-0.2, 0) is 16.0 Å². The highest BCUT2D eigenvalue weighted by Crippen LogP contribution is 2.28. The molecule has 1 fully saturated rings. The lowest BCUT2D eigenvalue weighted by atomic mass is 9.95. The molecule has 2 atom stereocenters. The molecule has 4 nitrogen and oxygen atoms in total. The summed E-state index contributed by atoms with van der Waals surface area (Å²) >= 11 is 0. The first-order valence-electron chi connectivity index (χ1n) is 8.44. The fourth-order valence-corrected chi connectivity index (χ4v) is 3.09. The van der Waals surface area contributed by atoms with Crippen molar-refractivity contribution in [3.05, 3.63) is 65.2 Å². The van der Waals surface area contributed by atoms with Gasteiger partial charge in [0.25, 0.3) is 0 Å². The second kappa shape index (κ2) is 8.88. The number of nitrogen functional groups attached to an aromatic ring is 1. The van der Waals surface area contributed by atoms with E-state index < -0.39 is 0 Å². The summed E-state index contributed by atoms with van der Waals surface area (Å²) in [6, 6.07) is 15.8. The number of hydrogen-bond acceptors (Lipinski definition) is 3. The molecule has 0 spiro atoms. The number of nitrogens with two attached hydrogens (primary N) is 1.